The number of hydrogen-bond acceptors (Lipinski definition) is 2. The highest BCUT2D eigenvalue weighted by molar-refractivity contribution is 7.80. The average molecular weight is 228 g/mol. The molecule has 0 aromatic rings. The zero-order valence-corrected chi connectivity index (χ0v) is 10.1. The van der Waals surface area contributed by atoms with Crippen molar-refractivity contribution in [2.45, 2.75) is 51.5 Å². The predicted molar refractivity (Wildman–Crippen MR) is 65.6 cm³/mol. The molecule has 4 heteroatoms. The van der Waals surface area contributed by atoms with Gasteiger partial charge in [0, 0.05) is 6.04 Å². The van der Waals surface area contributed by atoms with Gasteiger partial charge < -0.3 is 11.1 Å². The van der Waals surface area contributed by atoms with Crippen LogP contribution in [0.2, 0.25) is 0 Å². The van der Waals surface area contributed by atoms with Crippen molar-refractivity contribution < 1.29 is 4.79 Å². The largest absolute Gasteiger partial charge is 0.393 e. The number of thiocarbonyl (C=S) groups is 1. The quantitative estimate of drug-likeness (QED) is 0.721. The lowest BCUT2D eigenvalue weighted by molar-refractivity contribution is -0.120. The van der Waals surface area contributed by atoms with E-state index in [1.54, 1.807) is 0 Å². The molecular formula is C11H20N2OS. The summed E-state index contributed by atoms with van der Waals surface area (Å²) >= 11 is 4.70. The number of nitrogens with one attached hydrogen (secondary N) is 1. The standard InChI is InChI=1S/C11H20N2OS/c1-8(9-5-3-2-4-6-9)13-11(14)7-10(12)15/h8-9H,2-7H2,1H3,(H2,12,15)(H,13,14). The maximum absolute atomic E-state index is 11.4. The van der Waals surface area contributed by atoms with Crippen LogP contribution in [-0.4, -0.2) is 16.9 Å². The molecule has 3 N–H and O–H groups in total. The first-order valence-corrected chi connectivity index (χ1v) is 6.08. The van der Waals surface area contributed by atoms with E-state index in [4.69, 9.17) is 18.0 Å². The second kappa shape index (κ2) is 6.05. The van der Waals surface area contributed by atoms with Crippen molar-refractivity contribution in [1.82, 2.24) is 5.32 Å². The third-order valence-electron chi connectivity index (χ3n) is 3.08. The fraction of sp³-hybridized carbons (Fsp3) is 0.818. The van der Waals surface area contributed by atoms with Gasteiger partial charge in [-0.1, -0.05) is 31.5 Å². The molecule has 1 amide bonds. The van der Waals surface area contributed by atoms with Crippen LogP contribution in [0.5, 0.6) is 0 Å². The van der Waals surface area contributed by atoms with Gasteiger partial charge in [-0.2, -0.15) is 0 Å². The monoisotopic (exact) mass is 228 g/mol. The van der Waals surface area contributed by atoms with Crippen LogP contribution in [0.25, 0.3) is 0 Å². The van der Waals surface area contributed by atoms with Crippen molar-refractivity contribution in [3.63, 3.8) is 0 Å². The summed E-state index contributed by atoms with van der Waals surface area (Å²) in [4.78, 5) is 11.7. The van der Waals surface area contributed by atoms with E-state index in [1.807, 2.05) is 0 Å². The van der Waals surface area contributed by atoms with Crippen LogP contribution in [0.4, 0.5) is 0 Å². The molecule has 0 aromatic carbocycles. The molecule has 1 saturated carbocycles. The van der Waals surface area contributed by atoms with Crippen molar-refractivity contribution in [1.29, 1.82) is 0 Å². The van der Waals surface area contributed by atoms with E-state index < -0.39 is 0 Å². The highest BCUT2D eigenvalue weighted by atomic mass is 32.1. The molecule has 3 nitrogen and oxygen atoms in total. The molecular weight excluding hydrogens is 208 g/mol. The minimum atomic E-state index is -0.0411. The van der Waals surface area contributed by atoms with E-state index in [0.717, 1.165) is 0 Å². The molecule has 0 heterocycles. The number of amides is 1. The van der Waals surface area contributed by atoms with Crippen LogP contribution < -0.4 is 11.1 Å². The Labute approximate surface area is 96.8 Å². The summed E-state index contributed by atoms with van der Waals surface area (Å²) < 4.78 is 0. The third-order valence-corrected chi connectivity index (χ3v) is 3.22. The second-order valence-electron chi connectivity index (χ2n) is 4.40. The molecule has 1 aliphatic rings. The van der Waals surface area contributed by atoms with Gasteiger partial charge in [0.15, 0.2) is 0 Å². The highest BCUT2D eigenvalue weighted by Crippen LogP contribution is 2.26. The molecule has 0 aromatic heterocycles. The lowest BCUT2D eigenvalue weighted by Gasteiger charge is -2.28. The number of carbonyl (C=O) groups excluding carboxylic acids is 1. The van der Waals surface area contributed by atoms with E-state index >= 15 is 0 Å². The molecule has 1 fully saturated rings. The van der Waals surface area contributed by atoms with E-state index in [9.17, 15) is 4.79 Å². The Kier molecular flexibility index (Phi) is 5.02. The highest BCUT2D eigenvalue weighted by Gasteiger charge is 2.21. The molecule has 0 aliphatic heterocycles. The number of carbonyl (C=O) groups is 1. The van der Waals surface area contributed by atoms with E-state index in [-0.39, 0.29) is 23.4 Å². The molecule has 1 rings (SSSR count). The van der Waals surface area contributed by atoms with Gasteiger partial charge in [-0.05, 0) is 25.7 Å². The Morgan fingerprint density at radius 3 is 2.60 bits per heavy atom. The van der Waals surface area contributed by atoms with Crippen LogP contribution in [0.3, 0.4) is 0 Å². The maximum Gasteiger partial charge on any atom is 0.227 e. The predicted octanol–water partition coefficient (Wildman–Crippen LogP) is 1.75. The van der Waals surface area contributed by atoms with Crippen molar-refractivity contribution in [2.24, 2.45) is 11.7 Å². The zero-order valence-electron chi connectivity index (χ0n) is 9.29. The lowest BCUT2D eigenvalue weighted by atomic mass is 9.84. The molecule has 1 aliphatic carbocycles. The molecule has 0 spiro atoms. The normalized spacial score (nSPS) is 19.5. The molecule has 0 saturated heterocycles. The number of hydrogen-bond donors (Lipinski definition) is 2. The summed E-state index contributed by atoms with van der Waals surface area (Å²) in [7, 11) is 0. The third kappa shape index (κ3) is 4.60. The summed E-state index contributed by atoms with van der Waals surface area (Å²) in [5.41, 5.74) is 5.32. The average Bonchev–Trinajstić information content (AvgIpc) is 2.17. The van der Waals surface area contributed by atoms with E-state index in [2.05, 4.69) is 12.2 Å². The van der Waals surface area contributed by atoms with Gasteiger partial charge in [-0.15, -0.1) is 0 Å². The topological polar surface area (TPSA) is 55.1 Å². The van der Waals surface area contributed by atoms with E-state index in [0.29, 0.717) is 5.92 Å². The first kappa shape index (κ1) is 12.4. The van der Waals surface area contributed by atoms with Crippen molar-refractivity contribution in [3.8, 4) is 0 Å². The Hall–Kier alpha value is -0.640. The van der Waals surface area contributed by atoms with Crippen LogP contribution >= 0.6 is 12.2 Å². The van der Waals surface area contributed by atoms with Gasteiger partial charge in [-0.25, -0.2) is 0 Å². The first-order valence-electron chi connectivity index (χ1n) is 5.67. The fourth-order valence-electron chi connectivity index (χ4n) is 2.22. The summed E-state index contributed by atoms with van der Waals surface area (Å²) in [6.07, 6.45) is 6.56. The SMILES string of the molecule is CC(NC(=O)CC(N)=S)C1CCCCC1. The van der Waals surface area contributed by atoms with Crippen molar-refractivity contribution in [3.05, 3.63) is 0 Å². The summed E-state index contributed by atoms with van der Waals surface area (Å²) in [6.45, 7) is 2.08. The van der Waals surface area contributed by atoms with Crippen molar-refractivity contribution >= 4 is 23.1 Å². The minimum Gasteiger partial charge on any atom is -0.393 e. The van der Waals surface area contributed by atoms with Gasteiger partial charge in [0.25, 0.3) is 0 Å². The molecule has 15 heavy (non-hydrogen) atoms. The van der Waals surface area contributed by atoms with Crippen LogP contribution in [-0.2, 0) is 4.79 Å². The Morgan fingerprint density at radius 2 is 2.07 bits per heavy atom. The second-order valence-corrected chi connectivity index (χ2v) is 4.92. The fourth-order valence-corrected chi connectivity index (χ4v) is 2.35. The molecule has 0 radical (unpaired) electrons. The summed E-state index contributed by atoms with van der Waals surface area (Å²) in [5, 5.41) is 2.97. The van der Waals surface area contributed by atoms with Gasteiger partial charge in [-0.3, -0.25) is 4.79 Å². The summed E-state index contributed by atoms with van der Waals surface area (Å²) in [6, 6.07) is 0.257. The van der Waals surface area contributed by atoms with Crippen molar-refractivity contribution in [2.75, 3.05) is 0 Å². The Bertz CT molecular complexity index is 237. The maximum atomic E-state index is 11.4. The molecule has 86 valence electrons. The molecule has 1 atom stereocenters. The molecule has 0 bridgehead atoms. The number of nitrogens with two attached hydrogens (primary N) is 1. The van der Waals surface area contributed by atoms with E-state index in [1.165, 1.54) is 32.1 Å². The van der Waals surface area contributed by atoms with Gasteiger partial charge in [0.1, 0.15) is 0 Å². The Balaban J connectivity index is 2.30. The summed E-state index contributed by atoms with van der Waals surface area (Å²) in [5.74, 6) is 0.592. The lowest BCUT2D eigenvalue weighted by Crippen LogP contribution is -2.40. The van der Waals surface area contributed by atoms with Gasteiger partial charge >= 0.3 is 0 Å². The molecule has 1 unspecified atom stereocenters. The first-order chi connectivity index (χ1) is 7.09. The minimum absolute atomic E-state index is 0.0411. The Morgan fingerprint density at radius 1 is 1.47 bits per heavy atom. The smallest absolute Gasteiger partial charge is 0.227 e. The zero-order chi connectivity index (χ0) is 11.3. The number of rotatable bonds is 4. The van der Waals surface area contributed by atoms with Crippen LogP contribution in [0.15, 0.2) is 0 Å². The van der Waals surface area contributed by atoms with Gasteiger partial charge in [0.05, 0.1) is 11.4 Å². The van der Waals surface area contributed by atoms with Gasteiger partial charge in [0.2, 0.25) is 5.91 Å². The van der Waals surface area contributed by atoms with Crippen LogP contribution in [0, 0.1) is 5.92 Å². The van der Waals surface area contributed by atoms with Crippen LogP contribution in [0.1, 0.15) is 45.4 Å².